The average molecular weight is 410 g/mol. The average Bonchev–Trinajstić information content (AvgIpc) is 3.30. The molecule has 0 aromatic carbocycles. The Morgan fingerprint density at radius 2 is 2.27 bits per heavy atom. The van der Waals surface area contributed by atoms with E-state index in [1.807, 2.05) is 19.3 Å². The maximum Gasteiger partial charge on any atom is 0.240 e. The number of nitrogens with one attached hydrogen (secondary N) is 2. The smallest absolute Gasteiger partial charge is 0.240 e. The van der Waals surface area contributed by atoms with Gasteiger partial charge >= 0.3 is 0 Å². The van der Waals surface area contributed by atoms with E-state index in [4.69, 9.17) is 19.9 Å². The molecule has 3 aliphatic rings. The molecule has 158 valence electrons. The number of aromatic nitrogens is 3. The van der Waals surface area contributed by atoms with Crippen LogP contribution < -0.4 is 10.1 Å². The van der Waals surface area contributed by atoms with Crippen LogP contribution in [-0.4, -0.2) is 64.8 Å². The fourth-order valence-corrected chi connectivity index (χ4v) is 3.89. The largest absolute Gasteiger partial charge is 0.473 e. The summed E-state index contributed by atoms with van der Waals surface area (Å²) >= 11 is 0. The monoisotopic (exact) mass is 410 g/mol. The van der Waals surface area contributed by atoms with Gasteiger partial charge in [-0.15, -0.1) is 0 Å². The van der Waals surface area contributed by atoms with E-state index < -0.39 is 0 Å². The minimum absolute atomic E-state index is 0.0605. The van der Waals surface area contributed by atoms with Crippen molar-refractivity contribution in [2.75, 3.05) is 19.8 Å². The first-order valence-corrected chi connectivity index (χ1v) is 10.5. The predicted octanol–water partition coefficient (Wildman–Crippen LogP) is 1.87. The topological polar surface area (TPSA) is 114 Å². The molecule has 0 bridgehead atoms. The number of pyridine rings is 1. The molecule has 2 N–H and O–H groups in total. The number of carbonyl (C=O) groups is 1. The van der Waals surface area contributed by atoms with Crippen molar-refractivity contribution in [1.29, 1.82) is 5.41 Å². The number of amides is 1. The molecule has 5 rings (SSSR count). The molecule has 1 amide bonds. The quantitative estimate of drug-likeness (QED) is 0.645. The second-order valence-electron chi connectivity index (χ2n) is 8.38. The van der Waals surface area contributed by atoms with E-state index in [1.54, 1.807) is 6.21 Å². The van der Waals surface area contributed by atoms with Gasteiger partial charge in [0.2, 0.25) is 11.8 Å². The fourth-order valence-electron chi connectivity index (χ4n) is 3.89. The van der Waals surface area contributed by atoms with Crippen LogP contribution in [0.5, 0.6) is 5.88 Å². The van der Waals surface area contributed by atoms with Crippen LogP contribution in [-0.2, 0) is 9.53 Å². The Morgan fingerprint density at radius 3 is 2.90 bits per heavy atom. The minimum Gasteiger partial charge on any atom is -0.473 e. The summed E-state index contributed by atoms with van der Waals surface area (Å²) in [5, 5.41) is 10.7. The van der Waals surface area contributed by atoms with Gasteiger partial charge in [0.1, 0.15) is 11.6 Å². The lowest BCUT2D eigenvalue weighted by atomic mass is 10.0. The highest BCUT2D eigenvalue weighted by molar-refractivity contribution is 5.91. The highest BCUT2D eigenvalue weighted by Gasteiger charge is 2.31. The van der Waals surface area contributed by atoms with E-state index in [0.29, 0.717) is 43.8 Å². The lowest BCUT2D eigenvalue weighted by molar-refractivity contribution is -0.119. The second-order valence-corrected chi connectivity index (χ2v) is 8.38. The number of carbonyl (C=O) groups excluding carboxylic acids is 1. The van der Waals surface area contributed by atoms with Crippen LogP contribution in [0.1, 0.15) is 43.8 Å². The fraction of sp³-hybridized carbons (Fsp3) is 0.571. The van der Waals surface area contributed by atoms with E-state index in [0.717, 1.165) is 23.9 Å². The molecule has 2 aromatic heterocycles. The van der Waals surface area contributed by atoms with Gasteiger partial charge < -0.3 is 24.8 Å². The lowest BCUT2D eigenvalue weighted by Crippen LogP contribution is -2.32. The van der Waals surface area contributed by atoms with Crippen LogP contribution in [0, 0.1) is 11.3 Å². The normalized spacial score (nSPS) is 24.0. The zero-order valence-electron chi connectivity index (χ0n) is 17.0. The summed E-state index contributed by atoms with van der Waals surface area (Å²) in [6.45, 7) is 3.85. The zero-order chi connectivity index (χ0) is 20.7. The third-order valence-corrected chi connectivity index (χ3v) is 6.05. The van der Waals surface area contributed by atoms with E-state index in [9.17, 15) is 4.79 Å². The molecule has 2 aromatic rings. The van der Waals surface area contributed by atoms with Crippen LogP contribution in [0.4, 0.5) is 0 Å². The lowest BCUT2D eigenvalue weighted by Gasteiger charge is -2.22. The zero-order valence-corrected chi connectivity index (χ0v) is 17.0. The summed E-state index contributed by atoms with van der Waals surface area (Å²) < 4.78 is 13.6. The molecule has 4 heterocycles. The van der Waals surface area contributed by atoms with Crippen LogP contribution in [0.15, 0.2) is 17.4 Å². The number of nitrogens with zero attached hydrogens (tertiary/aromatic N) is 4. The number of hydrogen-bond acceptors (Lipinski definition) is 7. The van der Waals surface area contributed by atoms with Crippen molar-refractivity contribution in [3.05, 3.63) is 18.1 Å². The molecule has 30 heavy (non-hydrogen) atoms. The molecule has 3 unspecified atom stereocenters. The predicted molar refractivity (Wildman–Crippen MR) is 112 cm³/mol. The standard InChI is InChI=1S/C21H26N6O3/c1-12(13-4-19(28)24-7-13)30-21-20-18(25-11-27(20)16-2-3-16)5-17(26-21)14(6-22)8-23-15-9-29-10-15/h5-6,8,11-16,22H,2-4,7,9-10H2,1H3,(H,24,28). The van der Waals surface area contributed by atoms with Crippen molar-refractivity contribution in [2.24, 2.45) is 10.9 Å². The van der Waals surface area contributed by atoms with Crippen LogP contribution >= 0.6 is 0 Å². The molecule has 3 fully saturated rings. The first-order valence-electron chi connectivity index (χ1n) is 10.5. The van der Waals surface area contributed by atoms with Crippen molar-refractivity contribution in [3.8, 4) is 5.88 Å². The summed E-state index contributed by atoms with van der Waals surface area (Å²) in [7, 11) is 0. The van der Waals surface area contributed by atoms with E-state index in [2.05, 4.69) is 19.9 Å². The molecule has 1 aliphatic carbocycles. The number of fused-ring (bicyclic) bond motifs is 1. The van der Waals surface area contributed by atoms with Crippen molar-refractivity contribution in [1.82, 2.24) is 19.9 Å². The Labute approximate surface area is 174 Å². The Kier molecular flexibility index (Phi) is 4.98. The first-order chi connectivity index (χ1) is 14.6. The molecule has 3 atom stereocenters. The molecular formula is C21H26N6O3. The first kappa shape index (κ1) is 19.2. The van der Waals surface area contributed by atoms with Gasteiger partial charge in [-0.2, -0.15) is 0 Å². The van der Waals surface area contributed by atoms with Gasteiger partial charge in [0.15, 0.2) is 0 Å². The summed E-state index contributed by atoms with van der Waals surface area (Å²) in [4.78, 5) is 25.5. The van der Waals surface area contributed by atoms with Crippen molar-refractivity contribution >= 4 is 29.4 Å². The van der Waals surface area contributed by atoms with Gasteiger partial charge in [-0.1, -0.05) is 0 Å². The minimum atomic E-state index is -0.353. The van der Waals surface area contributed by atoms with Gasteiger partial charge in [-0.05, 0) is 25.8 Å². The summed E-state index contributed by atoms with van der Waals surface area (Å²) in [5.74, 6) is 0.332. The highest BCUT2D eigenvalue weighted by atomic mass is 16.5. The Bertz CT molecular complexity index is 994. The molecule has 9 nitrogen and oxygen atoms in total. The molecule has 2 aliphatic heterocycles. The third-order valence-electron chi connectivity index (χ3n) is 6.05. The highest BCUT2D eigenvalue weighted by Crippen LogP contribution is 2.40. The second kappa shape index (κ2) is 7.79. The van der Waals surface area contributed by atoms with Gasteiger partial charge in [-0.25, -0.2) is 9.97 Å². The van der Waals surface area contributed by atoms with Crippen LogP contribution in [0.25, 0.3) is 11.0 Å². The number of imidazole rings is 1. The van der Waals surface area contributed by atoms with Gasteiger partial charge in [0, 0.05) is 37.4 Å². The molecule has 0 spiro atoms. The van der Waals surface area contributed by atoms with Gasteiger partial charge in [0.25, 0.3) is 0 Å². The van der Waals surface area contributed by atoms with E-state index in [1.165, 1.54) is 6.21 Å². The molecule has 1 saturated carbocycles. The number of ether oxygens (including phenoxy) is 2. The van der Waals surface area contributed by atoms with Gasteiger partial charge in [0.05, 0.1) is 42.7 Å². The van der Waals surface area contributed by atoms with Crippen molar-refractivity contribution in [2.45, 2.75) is 50.3 Å². The Morgan fingerprint density at radius 1 is 1.43 bits per heavy atom. The summed E-state index contributed by atoms with van der Waals surface area (Å²) in [6, 6.07) is 2.52. The van der Waals surface area contributed by atoms with E-state index >= 15 is 0 Å². The van der Waals surface area contributed by atoms with Crippen LogP contribution in [0.3, 0.4) is 0 Å². The number of rotatable bonds is 8. The van der Waals surface area contributed by atoms with Crippen molar-refractivity contribution in [3.63, 3.8) is 0 Å². The molecule has 9 heteroatoms. The third kappa shape index (κ3) is 3.69. The van der Waals surface area contributed by atoms with Crippen molar-refractivity contribution < 1.29 is 14.3 Å². The number of hydrogen-bond donors (Lipinski definition) is 2. The van der Waals surface area contributed by atoms with Crippen LogP contribution in [0.2, 0.25) is 0 Å². The molecular weight excluding hydrogens is 384 g/mol. The Balaban J connectivity index is 1.48. The molecule has 2 saturated heterocycles. The SMILES string of the molecule is CC(Oc1nc(C(C=N)C=NC2COC2)cc2ncn(C3CC3)c12)C1CNC(=O)C1. The summed E-state index contributed by atoms with van der Waals surface area (Å²) in [6.07, 6.45) is 7.50. The number of aliphatic imine (C=N–C) groups is 1. The summed E-state index contributed by atoms with van der Waals surface area (Å²) in [5.41, 5.74) is 2.38. The Hall–Kier alpha value is -2.81. The van der Waals surface area contributed by atoms with Gasteiger partial charge in [-0.3, -0.25) is 9.79 Å². The molecule has 0 radical (unpaired) electrons. The maximum atomic E-state index is 11.6. The maximum absolute atomic E-state index is 11.6. The van der Waals surface area contributed by atoms with E-state index in [-0.39, 0.29) is 29.9 Å².